The van der Waals surface area contributed by atoms with Crippen molar-refractivity contribution < 1.29 is 0 Å². The molecule has 1 aromatic heterocycles. The molecule has 1 fully saturated rings. The van der Waals surface area contributed by atoms with Crippen LogP contribution in [-0.4, -0.2) is 12.6 Å². The fourth-order valence-corrected chi connectivity index (χ4v) is 3.44. The first-order valence-corrected chi connectivity index (χ1v) is 7.31. The smallest absolute Gasteiger partial charge is 0.00928 e. The third-order valence-electron chi connectivity index (χ3n) is 3.58. The van der Waals surface area contributed by atoms with Crippen molar-refractivity contribution in [2.24, 2.45) is 5.92 Å². The SMILES string of the molecule is CCC(NCCc1cc(C)sc1C)C1CC1. The van der Waals surface area contributed by atoms with Crippen molar-refractivity contribution in [1.82, 2.24) is 5.32 Å². The molecule has 16 heavy (non-hydrogen) atoms. The molecular formula is C14H23NS. The van der Waals surface area contributed by atoms with Crippen molar-refractivity contribution in [2.45, 2.75) is 52.5 Å². The van der Waals surface area contributed by atoms with E-state index in [9.17, 15) is 0 Å². The Balaban J connectivity index is 1.76. The largest absolute Gasteiger partial charge is 0.313 e. The van der Waals surface area contributed by atoms with Crippen molar-refractivity contribution in [3.63, 3.8) is 0 Å². The molecule has 1 saturated carbocycles. The maximum atomic E-state index is 3.72. The molecule has 2 rings (SSSR count). The molecule has 2 heteroatoms. The first kappa shape index (κ1) is 12.1. The summed E-state index contributed by atoms with van der Waals surface area (Å²) in [6.07, 6.45) is 5.37. The van der Waals surface area contributed by atoms with E-state index in [4.69, 9.17) is 0 Å². The Morgan fingerprint density at radius 2 is 2.19 bits per heavy atom. The molecule has 0 aliphatic heterocycles. The van der Waals surface area contributed by atoms with Gasteiger partial charge in [-0.1, -0.05) is 6.92 Å². The number of hydrogen-bond donors (Lipinski definition) is 1. The van der Waals surface area contributed by atoms with E-state index in [1.165, 1.54) is 35.4 Å². The Labute approximate surface area is 103 Å². The van der Waals surface area contributed by atoms with Gasteiger partial charge in [-0.05, 0) is 63.6 Å². The van der Waals surface area contributed by atoms with Crippen molar-refractivity contribution in [1.29, 1.82) is 0 Å². The second-order valence-electron chi connectivity index (χ2n) is 4.99. The van der Waals surface area contributed by atoms with Gasteiger partial charge in [-0.3, -0.25) is 0 Å². The van der Waals surface area contributed by atoms with Crippen molar-refractivity contribution in [2.75, 3.05) is 6.54 Å². The Morgan fingerprint density at radius 1 is 1.44 bits per heavy atom. The van der Waals surface area contributed by atoms with Gasteiger partial charge in [0.25, 0.3) is 0 Å². The van der Waals surface area contributed by atoms with E-state index in [1.54, 1.807) is 5.56 Å². The van der Waals surface area contributed by atoms with Crippen LogP contribution < -0.4 is 5.32 Å². The standard InChI is InChI=1S/C14H23NS/c1-4-14(12-5-6-12)15-8-7-13-9-10(2)16-11(13)3/h9,12,14-15H,4-8H2,1-3H3. The predicted molar refractivity (Wildman–Crippen MR) is 72.3 cm³/mol. The molecule has 1 aliphatic carbocycles. The molecule has 0 saturated heterocycles. The molecule has 0 radical (unpaired) electrons. The fourth-order valence-electron chi connectivity index (χ4n) is 2.47. The van der Waals surface area contributed by atoms with Gasteiger partial charge < -0.3 is 5.32 Å². The Bertz CT molecular complexity index is 339. The molecule has 0 amide bonds. The molecular weight excluding hydrogens is 214 g/mol. The van der Waals surface area contributed by atoms with E-state index >= 15 is 0 Å². The van der Waals surface area contributed by atoms with Crippen molar-refractivity contribution in [3.05, 3.63) is 21.4 Å². The van der Waals surface area contributed by atoms with Crippen LogP contribution in [0, 0.1) is 19.8 Å². The van der Waals surface area contributed by atoms with Gasteiger partial charge in [0.2, 0.25) is 0 Å². The highest BCUT2D eigenvalue weighted by Crippen LogP contribution is 2.33. The lowest BCUT2D eigenvalue weighted by Crippen LogP contribution is -2.32. The summed E-state index contributed by atoms with van der Waals surface area (Å²) >= 11 is 1.92. The summed E-state index contributed by atoms with van der Waals surface area (Å²) in [7, 11) is 0. The Morgan fingerprint density at radius 3 is 2.69 bits per heavy atom. The number of hydrogen-bond acceptors (Lipinski definition) is 2. The van der Waals surface area contributed by atoms with Crippen molar-refractivity contribution in [3.8, 4) is 0 Å². The minimum atomic E-state index is 0.778. The number of nitrogens with one attached hydrogen (secondary N) is 1. The normalized spacial score (nSPS) is 17.7. The molecule has 1 aromatic rings. The summed E-state index contributed by atoms with van der Waals surface area (Å²) in [5.74, 6) is 0.982. The molecule has 0 bridgehead atoms. The zero-order valence-corrected chi connectivity index (χ0v) is 11.5. The van der Waals surface area contributed by atoms with Crippen LogP contribution >= 0.6 is 11.3 Å². The number of thiophene rings is 1. The third kappa shape index (κ3) is 3.08. The Kier molecular flexibility index (Phi) is 4.04. The van der Waals surface area contributed by atoms with E-state index in [-0.39, 0.29) is 0 Å². The molecule has 0 spiro atoms. The predicted octanol–water partition coefficient (Wildman–Crippen LogP) is 3.69. The number of rotatable bonds is 6. The first-order chi connectivity index (χ1) is 7.70. The minimum absolute atomic E-state index is 0.778. The van der Waals surface area contributed by atoms with Gasteiger partial charge in [-0.25, -0.2) is 0 Å². The van der Waals surface area contributed by atoms with E-state index in [0.717, 1.165) is 18.5 Å². The summed E-state index contributed by atoms with van der Waals surface area (Å²) in [5.41, 5.74) is 1.54. The van der Waals surface area contributed by atoms with Crippen LogP contribution in [0.1, 0.15) is 41.5 Å². The molecule has 1 unspecified atom stereocenters. The highest BCUT2D eigenvalue weighted by Gasteiger charge is 2.29. The van der Waals surface area contributed by atoms with Crippen LogP contribution in [-0.2, 0) is 6.42 Å². The van der Waals surface area contributed by atoms with E-state index < -0.39 is 0 Å². The van der Waals surface area contributed by atoms with Gasteiger partial charge in [0.05, 0.1) is 0 Å². The molecule has 0 aromatic carbocycles. The number of aryl methyl sites for hydroxylation is 2. The summed E-state index contributed by atoms with van der Waals surface area (Å²) in [6, 6.07) is 3.12. The van der Waals surface area contributed by atoms with E-state index in [0.29, 0.717) is 0 Å². The summed E-state index contributed by atoms with van der Waals surface area (Å²) in [4.78, 5) is 2.94. The Hall–Kier alpha value is -0.340. The van der Waals surface area contributed by atoms with Crippen molar-refractivity contribution >= 4 is 11.3 Å². The highest BCUT2D eigenvalue weighted by atomic mass is 32.1. The van der Waals surface area contributed by atoms with Gasteiger partial charge >= 0.3 is 0 Å². The van der Waals surface area contributed by atoms with Gasteiger partial charge in [0.1, 0.15) is 0 Å². The lowest BCUT2D eigenvalue weighted by molar-refractivity contribution is 0.453. The zero-order valence-electron chi connectivity index (χ0n) is 10.7. The summed E-state index contributed by atoms with van der Waals surface area (Å²) in [6.45, 7) is 7.89. The van der Waals surface area contributed by atoms with E-state index in [1.807, 2.05) is 11.3 Å². The molecule has 1 atom stereocenters. The van der Waals surface area contributed by atoms with Crippen LogP contribution in [0.2, 0.25) is 0 Å². The van der Waals surface area contributed by atoms with Crippen LogP contribution in [0.3, 0.4) is 0 Å². The second kappa shape index (κ2) is 5.33. The topological polar surface area (TPSA) is 12.0 Å². The zero-order chi connectivity index (χ0) is 11.5. The highest BCUT2D eigenvalue weighted by molar-refractivity contribution is 7.12. The minimum Gasteiger partial charge on any atom is -0.313 e. The quantitative estimate of drug-likeness (QED) is 0.796. The first-order valence-electron chi connectivity index (χ1n) is 6.50. The molecule has 1 aliphatic rings. The average Bonchev–Trinajstić information content (AvgIpc) is 3.01. The maximum Gasteiger partial charge on any atom is 0.00928 e. The summed E-state index contributed by atoms with van der Waals surface area (Å²) < 4.78 is 0. The van der Waals surface area contributed by atoms with Gasteiger partial charge in [-0.2, -0.15) is 0 Å². The molecule has 1 heterocycles. The van der Waals surface area contributed by atoms with E-state index in [2.05, 4.69) is 32.2 Å². The molecule has 1 N–H and O–H groups in total. The second-order valence-corrected chi connectivity index (χ2v) is 6.46. The van der Waals surface area contributed by atoms with Crippen LogP contribution in [0.5, 0.6) is 0 Å². The molecule has 90 valence electrons. The summed E-state index contributed by atoms with van der Waals surface area (Å²) in [5, 5.41) is 3.72. The third-order valence-corrected chi connectivity index (χ3v) is 4.58. The lowest BCUT2D eigenvalue weighted by Gasteiger charge is -2.15. The maximum absolute atomic E-state index is 3.72. The average molecular weight is 237 g/mol. The molecule has 1 nitrogen and oxygen atoms in total. The van der Waals surface area contributed by atoms with Gasteiger partial charge in [0, 0.05) is 15.8 Å². The van der Waals surface area contributed by atoms with Crippen LogP contribution in [0.4, 0.5) is 0 Å². The van der Waals surface area contributed by atoms with Crippen LogP contribution in [0.25, 0.3) is 0 Å². The monoisotopic (exact) mass is 237 g/mol. The van der Waals surface area contributed by atoms with Gasteiger partial charge in [0.15, 0.2) is 0 Å². The van der Waals surface area contributed by atoms with Gasteiger partial charge in [-0.15, -0.1) is 11.3 Å². The fraction of sp³-hybridized carbons (Fsp3) is 0.714. The van der Waals surface area contributed by atoms with Crippen LogP contribution in [0.15, 0.2) is 6.07 Å². The lowest BCUT2D eigenvalue weighted by atomic mass is 10.1.